The summed E-state index contributed by atoms with van der Waals surface area (Å²) in [6, 6.07) is 0. The van der Waals surface area contributed by atoms with Gasteiger partial charge < -0.3 is 19.7 Å². The second kappa shape index (κ2) is 5.01. The number of rotatable bonds is 1. The van der Waals surface area contributed by atoms with Crippen LogP contribution >= 0.6 is 0 Å². The van der Waals surface area contributed by atoms with Gasteiger partial charge in [-0.25, -0.2) is 0 Å². The molecule has 0 amide bonds. The van der Waals surface area contributed by atoms with Gasteiger partial charge in [-0.15, -0.1) is 0 Å². The van der Waals surface area contributed by atoms with Gasteiger partial charge in [-0.2, -0.15) is 0 Å². The Kier molecular flexibility index (Phi) is 4.11. The summed E-state index contributed by atoms with van der Waals surface area (Å²) in [5.41, 5.74) is -1.06. The first-order chi connectivity index (χ1) is 7.80. The molecule has 6 heteroatoms. The number of hydrogen-bond donors (Lipinski definition) is 2. The molecule has 1 aliphatic rings. The van der Waals surface area contributed by atoms with Crippen LogP contribution in [0.5, 0.6) is 0 Å². The first-order valence-corrected chi connectivity index (χ1v) is 5.47. The third-order valence-electron chi connectivity index (χ3n) is 3.23. The van der Waals surface area contributed by atoms with Gasteiger partial charge in [0.05, 0.1) is 17.9 Å². The zero-order valence-electron chi connectivity index (χ0n) is 10.2. The van der Waals surface area contributed by atoms with Gasteiger partial charge in [0.2, 0.25) is 0 Å². The smallest absolute Gasteiger partial charge is 0.312 e. The monoisotopic (exact) mass is 246 g/mol. The van der Waals surface area contributed by atoms with Crippen LogP contribution in [0.1, 0.15) is 20.8 Å². The van der Waals surface area contributed by atoms with E-state index in [2.05, 4.69) is 0 Å². The molecule has 0 aromatic heterocycles. The molecule has 2 N–H and O–H groups in total. The minimum Gasteiger partial charge on any atom is -0.463 e. The van der Waals surface area contributed by atoms with Crippen molar-refractivity contribution in [2.75, 3.05) is 13.2 Å². The molecule has 0 aromatic carbocycles. The fourth-order valence-electron chi connectivity index (χ4n) is 1.40. The van der Waals surface area contributed by atoms with Crippen molar-refractivity contribution in [2.45, 2.75) is 33.0 Å². The molecule has 1 saturated heterocycles. The summed E-state index contributed by atoms with van der Waals surface area (Å²) in [4.78, 5) is 23.5. The number of ether oxygens (including phenoxy) is 2. The lowest BCUT2D eigenvalue weighted by Crippen LogP contribution is -2.41. The van der Waals surface area contributed by atoms with E-state index in [1.54, 1.807) is 20.8 Å². The number of aliphatic hydroxyl groups excluding tert-OH is 2. The maximum absolute atomic E-state index is 11.9. The van der Waals surface area contributed by atoms with Gasteiger partial charge in [0.15, 0.2) is 6.10 Å². The summed E-state index contributed by atoms with van der Waals surface area (Å²) in [5, 5.41) is 18.6. The van der Waals surface area contributed by atoms with Gasteiger partial charge in [-0.1, -0.05) is 6.92 Å². The lowest BCUT2D eigenvalue weighted by Gasteiger charge is -2.28. The summed E-state index contributed by atoms with van der Waals surface area (Å²) < 4.78 is 9.87. The van der Waals surface area contributed by atoms with E-state index in [0.29, 0.717) is 0 Å². The Bertz CT molecular complexity index is 311. The number of hydrogen-bond acceptors (Lipinski definition) is 6. The van der Waals surface area contributed by atoms with Gasteiger partial charge in [-0.3, -0.25) is 9.59 Å². The predicted molar refractivity (Wildman–Crippen MR) is 56.9 cm³/mol. The van der Waals surface area contributed by atoms with Gasteiger partial charge in [-0.05, 0) is 13.8 Å². The third-order valence-corrected chi connectivity index (χ3v) is 3.23. The maximum Gasteiger partial charge on any atom is 0.312 e. The number of cyclic esters (lactones) is 2. The standard InChI is InChI=1S/C11H18O6/c1-6-9(14)16-5-7(13)8(4-12)17-10(15)11(6,2)3/h6-8,12-13H,4-5H2,1-3H3/t6?,7-,8-/m1/s1. The van der Waals surface area contributed by atoms with Gasteiger partial charge in [0.1, 0.15) is 12.7 Å². The largest absolute Gasteiger partial charge is 0.463 e. The Morgan fingerprint density at radius 1 is 1.41 bits per heavy atom. The molecule has 6 nitrogen and oxygen atoms in total. The van der Waals surface area contributed by atoms with Crippen LogP contribution in [0.2, 0.25) is 0 Å². The summed E-state index contributed by atoms with van der Waals surface area (Å²) in [6.45, 7) is 3.88. The van der Waals surface area contributed by atoms with Gasteiger partial charge >= 0.3 is 11.9 Å². The molecular weight excluding hydrogens is 228 g/mol. The Morgan fingerprint density at radius 2 is 2.00 bits per heavy atom. The predicted octanol–water partition coefficient (Wildman–Crippen LogP) is -0.530. The second-order valence-corrected chi connectivity index (χ2v) is 4.77. The molecule has 1 heterocycles. The van der Waals surface area contributed by atoms with E-state index in [4.69, 9.17) is 14.6 Å². The minimum absolute atomic E-state index is 0.294. The van der Waals surface area contributed by atoms with Crippen LogP contribution < -0.4 is 0 Å². The molecule has 0 aromatic rings. The molecule has 1 aliphatic heterocycles. The zero-order chi connectivity index (χ0) is 13.2. The Hall–Kier alpha value is -1.14. The molecule has 1 unspecified atom stereocenters. The van der Waals surface area contributed by atoms with E-state index in [-0.39, 0.29) is 6.61 Å². The van der Waals surface area contributed by atoms with Crippen molar-refractivity contribution in [3.63, 3.8) is 0 Å². The first-order valence-electron chi connectivity index (χ1n) is 5.47. The number of carbonyl (C=O) groups excluding carboxylic acids is 2. The van der Waals surface area contributed by atoms with Crippen LogP contribution in [0, 0.1) is 11.3 Å². The highest BCUT2D eigenvalue weighted by Crippen LogP contribution is 2.31. The van der Waals surface area contributed by atoms with Crippen LogP contribution in [0.4, 0.5) is 0 Å². The molecule has 1 rings (SSSR count). The number of aliphatic hydroxyl groups is 2. The third kappa shape index (κ3) is 2.76. The van der Waals surface area contributed by atoms with Crippen molar-refractivity contribution in [1.82, 2.24) is 0 Å². The fourth-order valence-corrected chi connectivity index (χ4v) is 1.40. The molecular formula is C11H18O6. The first kappa shape index (κ1) is 13.9. The Balaban J connectivity index is 2.99. The van der Waals surface area contributed by atoms with Crippen molar-refractivity contribution >= 4 is 11.9 Å². The summed E-state index contributed by atoms with van der Waals surface area (Å²) in [7, 11) is 0. The Labute approximate surface area is 99.5 Å². The van der Waals surface area contributed by atoms with Crippen molar-refractivity contribution in [3.05, 3.63) is 0 Å². The highest BCUT2D eigenvalue weighted by Gasteiger charge is 2.43. The molecule has 0 radical (unpaired) electrons. The van der Waals surface area contributed by atoms with Gasteiger partial charge in [0.25, 0.3) is 0 Å². The fraction of sp³-hybridized carbons (Fsp3) is 0.818. The van der Waals surface area contributed by atoms with E-state index in [0.717, 1.165) is 0 Å². The maximum atomic E-state index is 11.9. The highest BCUT2D eigenvalue weighted by atomic mass is 16.6. The normalized spacial score (nSPS) is 34.1. The van der Waals surface area contributed by atoms with E-state index >= 15 is 0 Å². The van der Waals surface area contributed by atoms with Gasteiger partial charge in [0, 0.05) is 0 Å². The van der Waals surface area contributed by atoms with Crippen molar-refractivity contribution < 1.29 is 29.3 Å². The summed E-state index contributed by atoms with van der Waals surface area (Å²) in [5.74, 6) is -1.88. The van der Waals surface area contributed by atoms with Crippen molar-refractivity contribution in [2.24, 2.45) is 11.3 Å². The van der Waals surface area contributed by atoms with Crippen LogP contribution in [-0.2, 0) is 19.1 Å². The lowest BCUT2D eigenvalue weighted by atomic mass is 9.80. The average Bonchev–Trinajstić information content (AvgIpc) is 2.31. The number of carbonyl (C=O) groups is 2. The summed E-state index contributed by atoms with van der Waals surface area (Å²) >= 11 is 0. The average molecular weight is 246 g/mol. The second-order valence-electron chi connectivity index (χ2n) is 4.77. The topological polar surface area (TPSA) is 93.1 Å². The minimum atomic E-state index is -1.21. The molecule has 3 atom stereocenters. The zero-order valence-corrected chi connectivity index (χ0v) is 10.2. The van der Waals surface area contributed by atoms with Crippen molar-refractivity contribution in [1.29, 1.82) is 0 Å². The van der Waals surface area contributed by atoms with Crippen LogP contribution in [0.15, 0.2) is 0 Å². The molecule has 98 valence electrons. The lowest BCUT2D eigenvalue weighted by molar-refractivity contribution is -0.170. The van der Waals surface area contributed by atoms with E-state index in [1.807, 2.05) is 0 Å². The molecule has 0 bridgehead atoms. The summed E-state index contributed by atoms with van der Waals surface area (Å²) in [6.07, 6.45) is -2.28. The van der Waals surface area contributed by atoms with Crippen LogP contribution in [0.25, 0.3) is 0 Å². The molecule has 1 fully saturated rings. The quantitative estimate of drug-likeness (QED) is 0.604. The molecule has 0 aliphatic carbocycles. The molecule has 17 heavy (non-hydrogen) atoms. The van der Waals surface area contributed by atoms with E-state index in [9.17, 15) is 14.7 Å². The van der Waals surface area contributed by atoms with E-state index in [1.165, 1.54) is 0 Å². The molecule has 0 spiro atoms. The highest BCUT2D eigenvalue weighted by molar-refractivity contribution is 5.84. The SMILES string of the molecule is CC1C(=O)OC[C@@H](O)[C@@H](CO)OC(=O)C1(C)C. The van der Waals surface area contributed by atoms with Crippen LogP contribution in [-0.4, -0.2) is 47.6 Å². The molecule has 0 saturated carbocycles. The van der Waals surface area contributed by atoms with Crippen LogP contribution in [0.3, 0.4) is 0 Å². The van der Waals surface area contributed by atoms with Crippen molar-refractivity contribution in [3.8, 4) is 0 Å². The Morgan fingerprint density at radius 3 is 2.53 bits per heavy atom. The van der Waals surface area contributed by atoms with E-state index < -0.39 is 42.1 Å². The number of esters is 2.